The summed E-state index contributed by atoms with van der Waals surface area (Å²) in [5, 5.41) is 11.0. The van der Waals surface area contributed by atoms with E-state index in [0.717, 1.165) is 30.4 Å². The molecule has 0 saturated carbocycles. The molecule has 0 aromatic rings. The molecule has 2 N–H and O–H groups in total. The summed E-state index contributed by atoms with van der Waals surface area (Å²) < 4.78 is 26.8. The smallest absolute Gasteiger partial charge is 0.369 e. The number of quaternary nitrogens is 1. The van der Waals surface area contributed by atoms with E-state index >= 15 is 0 Å². The first-order chi connectivity index (χ1) is 8.83. The first kappa shape index (κ1) is 16.4. The van der Waals surface area contributed by atoms with E-state index in [2.05, 4.69) is 0 Å². The average Bonchev–Trinajstić information content (AvgIpc) is 2.55. The monoisotopic (exact) mass is 292 g/mol. The maximum absolute atomic E-state index is 12.2. The number of carboxylic acid groups (broad SMARTS) is 1. The highest BCUT2D eigenvalue weighted by Crippen LogP contribution is 2.11. The third-order valence-corrected chi connectivity index (χ3v) is 5.05. The topological polar surface area (TPSA) is 94.1 Å². The van der Waals surface area contributed by atoms with E-state index in [1.165, 1.54) is 4.31 Å². The van der Waals surface area contributed by atoms with Gasteiger partial charge < -0.3 is 9.90 Å². The zero-order valence-electron chi connectivity index (χ0n) is 11.7. The fourth-order valence-electron chi connectivity index (χ4n) is 2.31. The summed E-state index contributed by atoms with van der Waals surface area (Å²) in [7, 11) is -3.61. The molecule has 0 aliphatic carbocycles. The Morgan fingerprint density at radius 2 is 1.74 bits per heavy atom. The van der Waals surface area contributed by atoms with Crippen molar-refractivity contribution in [3.8, 4) is 0 Å². The molecule has 0 bridgehead atoms. The maximum atomic E-state index is 12.2. The van der Waals surface area contributed by atoms with Gasteiger partial charge in [0, 0.05) is 19.5 Å². The van der Waals surface area contributed by atoms with Crippen molar-refractivity contribution in [2.24, 2.45) is 5.92 Å². The zero-order chi connectivity index (χ0) is 14.5. The molecule has 0 amide bonds. The highest BCUT2D eigenvalue weighted by Gasteiger charge is 2.30. The zero-order valence-corrected chi connectivity index (χ0v) is 12.5. The van der Waals surface area contributed by atoms with Gasteiger partial charge in [0.25, 0.3) is 0 Å². The Bertz CT molecular complexity index is 387. The molecule has 1 aliphatic rings. The van der Waals surface area contributed by atoms with Crippen LogP contribution in [0.2, 0.25) is 0 Å². The Hall–Kier alpha value is -0.660. The molecule has 19 heavy (non-hydrogen) atoms. The Morgan fingerprint density at radius 1 is 1.21 bits per heavy atom. The van der Waals surface area contributed by atoms with Crippen molar-refractivity contribution >= 4 is 16.2 Å². The van der Waals surface area contributed by atoms with Crippen molar-refractivity contribution in [1.82, 2.24) is 4.31 Å². The van der Waals surface area contributed by atoms with Crippen LogP contribution in [0.5, 0.6) is 0 Å². The number of hydrogen-bond acceptors (Lipinski definition) is 4. The van der Waals surface area contributed by atoms with Gasteiger partial charge in [0.1, 0.15) is 12.0 Å². The van der Waals surface area contributed by atoms with Gasteiger partial charge in [-0.05, 0) is 18.8 Å². The predicted molar refractivity (Wildman–Crippen MR) is 69.1 cm³/mol. The Morgan fingerprint density at radius 3 is 2.16 bits per heavy atom. The summed E-state index contributed by atoms with van der Waals surface area (Å²) in [5.74, 6) is -1.20. The number of rotatable bonds is 6. The Kier molecular flexibility index (Phi) is 6.22. The van der Waals surface area contributed by atoms with Crippen molar-refractivity contribution in [2.45, 2.75) is 52.0 Å². The molecule has 0 aromatic heterocycles. The summed E-state index contributed by atoms with van der Waals surface area (Å²) in [4.78, 5) is 11.0. The first-order valence-corrected chi connectivity index (χ1v) is 8.39. The molecule has 1 atom stereocenters. The molecule has 1 heterocycles. The molecule has 0 unspecified atom stereocenters. The van der Waals surface area contributed by atoms with E-state index in [-0.39, 0.29) is 12.3 Å². The van der Waals surface area contributed by atoms with Gasteiger partial charge in [-0.25, -0.2) is 4.72 Å². The summed E-state index contributed by atoms with van der Waals surface area (Å²) in [6.45, 7) is 4.70. The second-order valence-electron chi connectivity index (χ2n) is 5.55. The average molecular weight is 292 g/mol. The van der Waals surface area contributed by atoms with Crippen molar-refractivity contribution in [2.75, 3.05) is 13.1 Å². The molecule has 0 aromatic carbocycles. The van der Waals surface area contributed by atoms with Gasteiger partial charge in [0.15, 0.2) is 0 Å². The number of carbonyl (C=O) groups excluding carboxylic acids is 1. The molecular formula is C12H24N2O4S. The number of aliphatic carboxylic acids is 1. The molecule has 6 nitrogen and oxygen atoms in total. The van der Waals surface area contributed by atoms with Crippen molar-refractivity contribution in [3.63, 3.8) is 0 Å². The number of carbonyl (C=O) groups is 1. The van der Waals surface area contributed by atoms with E-state index in [1.807, 2.05) is 13.8 Å². The lowest BCUT2D eigenvalue weighted by molar-refractivity contribution is -0.546. The lowest BCUT2D eigenvalue weighted by Gasteiger charge is -2.23. The summed E-state index contributed by atoms with van der Waals surface area (Å²) in [6, 6.07) is -1.03. The van der Waals surface area contributed by atoms with Gasteiger partial charge in [-0.15, -0.1) is 0 Å². The van der Waals surface area contributed by atoms with Gasteiger partial charge in [0.2, 0.25) is 0 Å². The van der Waals surface area contributed by atoms with Crippen LogP contribution < -0.4 is 9.83 Å². The van der Waals surface area contributed by atoms with Crippen LogP contribution in [0.4, 0.5) is 0 Å². The molecule has 1 saturated heterocycles. The van der Waals surface area contributed by atoms with Crippen LogP contribution in [-0.2, 0) is 15.0 Å². The van der Waals surface area contributed by atoms with Crippen molar-refractivity contribution < 1.29 is 23.0 Å². The Labute approximate surface area is 115 Å². The molecule has 0 radical (unpaired) electrons. The molecule has 112 valence electrons. The molecular weight excluding hydrogens is 268 g/mol. The number of nitrogens with zero attached hydrogens (tertiary/aromatic N) is 1. The van der Waals surface area contributed by atoms with Gasteiger partial charge in [-0.1, -0.05) is 26.7 Å². The minimum atomic E-state index is -3.61. The maximum Gasteiger partial charge on any atom is 0.369 e. The highest BCUT2D eigenvalue weighted by atomic mass is 32.2. The minimum Gasteiger partial charge on any atom is -0.544 e. The molecule has 7 heteroatoms. The standard InChI is InChI=1S/C12H24N2O4S/c1-10(2)9-11(12(15)16)13-19(17,18)14-7-5-3-4-6-8-14/h10-11,13H,3-9H2,1-2H3,(H,15,16)/t11-/m1/s1. The quantitative estimate of drug-likeness (QED) is 0.668. The van der Waals surface area contributed by atoms with E-state index in [4.69, 9.17) is 0 Å². The minimum absolute atomic E-state index is 0.110. The normalized spacial score (nSPS) is 20.2. The second kappa shape index (κ2) is 7.21. The summed E-state index contributed by atoms with van der Waals surface area (Å²) >= 11 is 0. The third kappa shape index (κ3) is 5.46. The number of carboxylic acids is 1. The molecule has 1 aliphatic heterocycles. The Balaban J connectivity index is 2.72. The SMILES string of the molecule is CC(C)C[C@@H]([NH2+]S(=O)(=O)N1CCCCCC1)C(=O)[O-]. The lowest BCUT2D eigenvalue weighted by atomic mass is 10.1. The van der Waals surface area contributed by atoms with Crippen LogP contribution >= 0.6 is 0 Å². The third-order valence-electron chi connectivity index (χ3n) is 3.29. The van der Waals surface area contributed by atoms with E-state index < -0.39 is 22.2 Å². The van der Waals surface area contributed by atoms with Crippen molar-refractivity contribution in [3.05, 3.63) is 0 Å². The fourth-order valence-corrected chi connectivity index (χ4v) is 3.88. The first-order valence-electron chi connectivity index (χ1n) is 6.89. The summed E-state index contributed by atoms with van der Waals surface area (Å²) in [6.07, 6.45) is 4.03. The van der Waals surface area contributed by atoms with E-state index in [9.17, 15) is 18.3 Å². The van der Waals surface area contributed by atoms with Crippen LogP contribution in [0.1, 0.15) is 46.0 Å². The van der Waals surface area contributed by atoms with E-state index in [0.29, 0.717) is 13.1 Å². The van der Waals surface area contributed by atoms with E-state index in [1.54, 1.807) is 0 Å². The van der Waals surface area contributed by atoms with Gasteiger partial charge in [0.05, 0.1) is 0 Å². The second-order valence-corrected chi connectivity index (χ2v) is 7.37. The highest BCUT2D eigenvalue weighted by molar-refractivity contribution is 7.82. The molecule has 0 spiro atoms. The number of nitrogens with two attached hydrogens (primary N) is 1. The van der Waals surface area contributed by atoms with Crippen LogP contribution in [0.15, 0.2) is 0 Å². The molecule has 1 rings (SSSR count). The lowest BCUT2D eigenvalue weighted by Crippen LogP contribution is -2.97. The van der Waals surface area contributed by atoms with Gasteiger partial charge in [-0.3, -0.25) is 0 Å². The predicted octanol–water partition coefficient (Wildman–Crippen LogP) is -1.16. The summed E-state index contributed by atoms with van der Waals surface area (Å²) in [5.41, 5.74) is 0. The van der Waals surface area contributed by atoms with Crippen LogP contribution in [0.25, 0.3) is 0 Å². The van der Waals surface area contributed by atoms with Crippen LogP contribution in [-0.4, -0.2) is 37.8 Å². The van der Waals surface area contributed by atoms with Crippen LogP contribution in [0, 0.1) is 5.92 Å². The molecule has 1 fully saturated rings. The van der Waals surface area contributed by atoms with Crippen molar-refractivity contribution in [1.29, 1.82) is 0 Å². The van der Waals surface area contributed by atoms with Gasteiger partial charge >= 0.3 is 10.2 Å². The van der Waals surface area contributed by atoms with Gasteiger partial charge in [-0.2, -0.15) is 12.7 Å². The fraction of sp³-hybridized carbons (Fsp3) is 0.917. The largest absolute Gasteiger partial charge is 0.544 e. The number of hydrogen-bond donors (Lipinski definition) is 1. The van der Waals surface area contributed by atoms with Crippen LogP contribution in [0.3, 0.4) is 0 Å².